The van der Waals surface area contributed by atoms with E-state index in [0.717, 1.165) is 16.9 Å². The van der Waals surface area contributed by atoms with Crippen LogP contribution in [0.4, 0.5) is 4.79 Å². The third-order valence-corrected chi connectivity index (χ3v) is 4.09. The number of aliphatic hydroxyl groups excluding tert-OH is 1. The summed E-state index contributed by atoms with van der Waals surface area (Å²) in [6.07, 6.45) is 0.825. The largest absolute Gasteiger partial charge is 0.496 e. The van der Waals surface area contributed by atoms with Crippen molar-refractivity contribution in [3.05, 3.63) is 65.7 Å². The van der Waals surface area contributed by atoms with Crippen LogP contribution in [-0.2, 0) is 0 Å². The van der Waals surface area contributed by atoms with Gasteiger partial charge in [-0.3, -0.25) is 0 Å². The van der Waals surface area contributed by atoms with Crippen molar-refractivity contribution in [2.24, 2.45) is 0 Å². The van der Waals surface area contributed by atoms with E-state index in [1.165, 1.54) is 0 Å². The first kappa shape index (κ1) is 18.8. The molecule has 0 aliphatic heterocycles. The zero-order chi connectivity index (χ0) is 18.1. The molecule has 0 saturated heterocycles. The normalized spacial score (nSPS) is 12.9. The van der Waals surface area contributed by atoms with Gasteiger partial charge in [0.05, 0.1) is 19.3 Å². The van der Waals surface area contributed by atoms with E-state index >= 15 is 0 Å². The van der Waals surface area contributed by atoms with Gasteiger partial charge in [-0.1, -0.05) is 55.5 Å². The molecule has 5 nitrogen and oxygen atoms in total. The van der Waals surface area contributed by atoms with Crippen molar-refractivity contribution < 1.29 is 14.6 Å². The number of nitrogens with one attached hydrogen (secondary N) is 2. The Labute approximate surface area is 149 Å². The second-order valence-corrected chi connectivity index (χ2v) is 5.84. The van der Waals surface area contributed by atoms with Gasteiger partial charge < -0.3 is 20.5 Å². The van der Waals surface area contributed by atoms with Gasteiger partial charge in [-0.05, 0) is 24.5 Å². The summed E-state index contributed by atoms with van der Waals surface area (Å²) >= 11 is 0. The highest BCUT2D eigenvalue weighted by atomic mass is 16.5. The molecule has 0 aliphatic carbocycles. The fourth-order valence-corrected chi connectivity index (χ4v) is 2.63. The van der Waals surface area contributed by atoms with Gasteiger partial charge in [0.15, 0.2) is 0 Å². The molecular formula is C20H26N2O3. The molecule has 25 heavy (non-hydrogen) atoms. The lowest BCUT2D eigenvalue weighted by Crippen LogP contribution is -2.39. The Hall–Kier alpha value is -2.53. The first-order valence-electron chi connectivity index (χ1n) is 8.56. The summed E-state index contributed by atoms with van der Waals surface area (Å²) in [6, 6.07) is 16.8. The van der Waals surface area contributed by atoms with Crippen LogP contribution >= 0.6 is 0 Å². The Morgan fingerprint density at radius 2 is 1.80 bits per heavy atom. The fraction of sp³-hybridized carbons (Fsp3) is 0.350. The van der Waals surface area contributed by atoms with Crippen molar-refractivity contribution in [3.8, 4) is 5.75 Å². The molecule has 0 aliphatic rings. The first-order valence-corrected chi connectivity index (χ1v) is 8.56. The number of ether oxygens (including phenoxy) is 1. The molecule has 2 unspecified atom stereocenters. The van der Waals surface area contributed by atoms with E-state index < -0.39 is 0 Å². The molecule has 0 aromatic heterocycles. The molecule has 0 heterocycles. The standard InChI is InChI=1S/C20H26N2O3/c1-3-16(23)13-14-21-20(24)22-19(15-9-5-4-6-10-15)17-11-7-8-12-18(17)25-2/h4-12,16,19,23H,3,13-14H2,1-2H3,(H2,21,22,24). The van der Waals surface area contributed by atoms with E-state index in [1.807, 2.05) is 61.5 Å². The summed E-state index contributed by atoms with van der Waals surface area (Å²) in [5.41, 5.74) is 1.86. The van der Waals surface area contributed by atoms with Crippen LogP contribution in [0.2, 0.25) is 0 Å². The monoisotopic (exact) mass is 342 g/mol. The van der Waals surface area contributed by atoms with Gasteiger partial charge in [-0.25, -0.2) is 4.79 Å². The van der Waals surface area contributed by atoms with Gasteiger partial charge in [0.2, 0.25) is 0 Å². The van der Waals surface area contributed by atoms with Crippen LogP contribution in [0.3, 0.4) is 0 Å². The van der Waals surface area contributed by atoms with Crippen LogP contribution < -0.4 is 15.4 Å². The number of benzene rings is 2. The Bertz CT molecular complexity index is 661. The zero-order valence-corrected chi connectivity index (χ0v) is 14.7. The minimum absolute atomic E-state index is 0.275. The quantitative estimate of drug-likeness (QED) is 0.690. The Morgan fingerprint density at radius 1 is 1.12 bits per heavy atom. The molecule has 0 bridgehead atoms. The highest BCUT2D eigenvalue weighted by molar-refractivity contribution is 5.75. The number of carbonyl (C=O) groups excluding carboxylic acids is 1. The lowest BCUT2D eigenvalue weighted by molar-refractivity contribution is 0.160. The van der Waals surface area contributed by atoms with Crippen molar-refractivity contribution in [2.45, 2.75) is 31.9 Å². The number of methoxy groups -OCH3 is 1. The number of hydrogen-bond donors (Lipinski definition) is 3. The molecule has 0 saturated carbocycles. The molecule has 0 fully saturated rings. The van der Waals surface area contributed by atoms with Crippen molar-refractivity contribution >= 4 is 6.03 Å². The number of para-hydroxylation sites is 1. The third kappa shape index (κ3) is 5.50. The van der Waals surface area contributed by atoms with Crippen LogP contribution in [0.25, 0.3) is 0 Å². The summed E-state index contributed by atoms with van der Waals surface area (Å²) in [5.74, 6) is 0.720. The van der Waals surface area contributed by atoms with Gasteiger partial charge in [-0.2, -0.15) is 0 Å². The number of hydrogen-bond acceptors (Lipinski definition) is 3. The molecule has 0 radical (unpaired) electrons. The van der Waals surface area contributed by atoms with Gasteiger partial charge in [0.25, 0.3) is 0 Å². The Balaban J connectivity index is 2.15. The third-order valence-electron chi connectivity index (χ3n) is 4.09. The minimum Gasteiger partial charge on any atom is -0.496 e. The minimum atomic E-state index is -0.389. The first-order chi connectivity index (χ1) is 12.2. The molecule has 2 atom stereocenters. The number of urea groups is 1. The van der Waals surface area contributed by atoms with E-state index in [2.05, 4.69) is 10.6 Å². The summed E-state index contributed by atoms with van der Waals surface area (Å²) in [5, 5.41) is 15.4. The summed E-state index contributed by atoms with van der Waals surface area (Å²) in [7, 11) is 1.62. The maximum Gasteiger partial charge on any atom is 0.315 e. The van der Waals surface area contributed by atoms with Crippen molar-refractivity contribution in [1.82, 2.24) is 10.6 Å². The predicted octanol–water partition coefficient (Wildman–Crippen LogP) is 3.24. The van der Waals surface area contributed by atoms with Crippen LogP contribution in [0.15, 0.2) is 54.6 Å². The maximum atomic E-state index is 12.3. The predicted molar refractivity (Wildman–Crippen MR) is 98.7 cm³/mol. The van der Waals surface area contributed by atoms with Gasteiger partial charge in [-0.15, -0.1) is 0 Å². The van der Waals surface area contributed by atoms with Crippen molar-refractivity contribution in [2.75, 3.05) is 13.7 Å². The van der Waals surface area contributed by atoms with E-state index in [0.29, 0.717) is 19.4 Å². The zero-order valence-electron chi connectivity index (χ0n) is 14.7. The average molecular weight is 342 g/mol. The number of amides is 2. The SMILES string of the molecule is CCC(O)CCNC(=O)NC(c1ccccc1)c1ccccc1OC. The Kier molecular flexibility index (Phi) is 7.29. The molecule has 134 valence electrons. The molecule has 5 heteroatoms. The molecule has 2 aromatic rings. The van der Waals surface area contributed by atoms with Crippen LogP contribution in [0, 0.1) is 0 Å². The lowest BCUT2D eigenvalue weighted by atomic mass is 9.98. The molecular weight excluding hydrogens is 316 g/mol. The molecule has 2 rings (SSSR count). The highest BCUT2D eigenvalue weighted by Crippen LogP contribution is 2.29. The van der Waals surface area contributed by atoms with E-state index in [1.54, 1.807) is 7.11 Å². The summed E-state index contributed by atoms with van der Waals surface area (Å²) < 4.78 is 5.45. The van der Waals surface area contributed by atoms with Crippen LogP contribution in [0.5, 0.6) is 5.75 Å². The second-order valence-electron chi connectivity index (χ2n) is 5.84. The molecule has 2 amide bonds. The van der Waals surface area contributed by atoms with Crippen molar-refractivity contribution in [1.29, 1.82) is 0 Å². The maximum absolute atomic E-state index is 12.3. The topological polar surface area (TPSA) is 70.6 Å². The Morgan fingerprint density at radius 3 is 2.48 bits per heavy atom. The van der Waals surface area contributed by atoms with E-state index in [-0.39, 0.29) is 18.2 Å². The van der Waals surface area contributed by atoms with Crippen molar-refractivity contribution in [3.63, 3.8) is 0 Å². The number of carbonyl (C=O) groups is 1. The molecule has 3 N–H and O–H groups in total. The van der Waals surface area contributed by atoms with Crippen LogP contribution in [-0.4, -0.2) is 30.9 Å². The van der Waals surface area contributed by atoms with Crippen LogP contribution in [0.1, 0.15) is 36.9 Å². The van der Waals surface area contributed by atoms with E-state index in [4.69, 9.17) is 4.74 Å². The molecule has 0 spiro atoms. The summed E-state index contributed by atoms with van der Waals surface area (Å²) in [4.78, 5) is 12.3. The summed E-state index contributed by atoms with van der Waals surface area (Å²) in [6.45, 7) is 2.34. The highest BCUT2D eigenvalue weighted by Gasteiger charge is 2.20. The fourth-order valence-electron chi connectivity index (χ4n) is 2.63. The van der Waals surface area contributed by atoms with Gasteiger partial charge >= 0.3 is 6.03 Å². The van der Waals surface area contributed by atoms with Gasteiger partial charge in [0, 0.05) is 12.1 Å². The smallest absolute Gasteiger partial charge is 0.315 e. The van der Waals surface area contributed by atoms with Gasteiger partial charge in [0.1, 0.15) is 5.75 Å². The molecule has 2 aromatic carbocycles. The van der Waals surface area contributed by atoms with E-state index in [9.17, 15) is 9.90 Å². The number of aliphatic hydroxyl groups is 1. The average Bonchev–Trinajstić information content (AvgIpc) is 2.66. The number of rotatable bonds is 8. The lowest BCUT2D eigenvalue weighted by Gasteiger charge is -2.22. The second kappa shape index (κ2) is 9.69.